The predicted molar refractivity (Wildman–Crippen MR) is 73.5 cm³/mol. The van der Waals surface area contributed by atoms with Crippen molar-refractivity contribution in [2.24, 2.45) is 23.7 Å². The van der Waals surface area contributed by atoms with Crippen LogP contribution in [0.15, 0.2) is 0 Å². The number of hydrogen-bond donors (Lipinski definition) is 1. The summed E-state index contributed by atoms with van der Waals surface area (Å²) in [5.41, 5.74) is 0. The second-order valence-electron chi connectivity index (χ2n) is 6.51. The normalized spacial score (nSPS) is 43.1. The summed E-state index contributed by atoms with van der Waals surface area (Å²) in [6.07, 6.45) is 9.94. The first-order valence-electron chi connectivity index (χ1n) is 7.67. The highest BCUT2D eigenvalue weighted by atomic mass is 35.5. The van der Waals surface area contributed by atoms with Gasteiger partial charge in [0, 0.05) is 17.8 Å². The van der Waals surface area contributed by atoms with Gasteiger partial charge in [-0.1, -0.05) is 19.3 Å². The molecule has 3 aliphatic rings. The fourth-order valence-electron chi connectivity index (χ4n) is 4.15. The van der Waals surface area contributed by atoms with Crippen LogP contribution in [0.1, 0.15) is 51.4 Å². The average Bonchev–Trinajstić information content (AvgIpc) is 3.10. The molecule has 4 unspecified atom stereocenters. The fourth-order valence-corrected chi connectivity index (χ4v) is 4.56. The smallest absolute Gasteiger partial charge is 0.223 e. The van der Waals surface area contributed by atoms with E-state index in [9.17, 15) is 4.79 Å². The SMILES string of the molecule is O=C(NCC1CCCC(Cl)C1)C1C2CCCCC21. The largest absolute Gasteiger partial charge is 0.356 e. The minimum atomic E-state index is 0.337. The summed E-state index contributed by atoms with van der Waals surface area (Å²) >= 11 is 6.19. The Hall–Kier alpha value is -0.240. The zero-order chi connectivity index (χ0) is 12.5. The van der Waals surface area contributed by atoms with Gasteiger partial charge in [-0.2, -0.15) is 0 Å². The molecule has 4 atom stereocenters. The Morgan fingerprint density at radius 1 is 1.06 bits per heavy atom. The van der Waals surface area contributed by atoms with Crippen molar-refractivity contribution < 1.29 is 4.79 Å². The Bertz CT molecular complexity index is 308. The molecule has 3 rings (SSSR count). The molecule has 3 fully saturated rings. The van der Waals surface area contributed by atoms with Crippen molar-refractivity contribution in [3.05, 3.63) is 0 Å². The Kier molecular flexibility index (Phi) is 3.83. The van der Waals surface area contributed by atoms with Crippen molar-refractivity contribution >= 4 is 17.5 Å². The number of alkyl halides is 1. The second kappa shape index (κ2) is 5.40. The molecule has 0 heterocycles. The van der Waals surface area contributed by atoms with Gasteiger partial charge in [0.2, 0.25) is 5.91 Å². The van der Waals surface area contributed by atoms with E-state index in [2.05, 4.69) is 5.32 Å². The van der Waals surface area contributed by atoms with Crippen molar-refractivity contribution in [3.63, 3.8) is 0 Å². The van der Waals surface area contributed by atoms with Gasteiger partial charge in [-0.15, -0.1) is 11.6 Å². The van der Waals surface area contributed by atoms with Gasteiger partial charge in [-0.05, 0) is 49.9 Å². The molecule has 1 N–H and O–H groups in total. The summed E-state index contributed by atoms with van der Waals surface area (Å²) in [4.78, 5) is 12.2. The lowest BCUT2D eigenvalue weighted by Gasteiger charge is -2.25. The molecule has 2 nitrogen and oxygen atoms in total. The van der Waals surface area contributed by atoms with Crippen LogP contribution < -0.4 is 5.32 Å². The third kappa shape index (κ3) is 2.68. The quantitative estimate of drug-likeness (QED) is 0.783. The molecule has 0 saturated heterocycles. The van der Waals surface area contributed by atoms with Crippen LogP contribution in [0, 0.1) is 23.7 Å². The van der Waals surface area contributed by atoms with Crippen LogP contribution in [0.2, 0.25) is 0 Å². The van der Waals surface area contributed by atoms with Crippen LogP contribution >= 0.6 is 11.6 Å². The maximum Gasteiger partial charge on any atom is 0.223 e. The minimum absolute atomic E-state index is 0.337. The summed E-state index contributed by atoms with van der Waals surface area (Å²) in [7, 11) is 0. The van der Waals surface area contributed by atoms with Gasteiger partial charge in [-0.25, -0.2) is 0 Å². The predicted octanol–water partition coefficient (Wildman–Crippen LogP) is 3.34. The number of carbonyl (C=O) groups is 1. The Labute approximate surface area is 115 Å². The second-order valence-corrected chi connectivity index (χ2v) is 7.13. The Morgan fingerprint density at radius 3 is 2.44 bits per heavy atom. The van der Waals surface area contributed by atoms with Crippen molar-refractivity contribution in [2.45, 2.75) is 56.7 Å². The summed E-state index contributed by atoms with van der Waals surface area (Å²) in [6.45, 7) is 0.859. The molecular formula is C15H24ClNO. The van der Waals surface area contributed by atoms with Gasteiger partial charge in [0.25, 0.3) is 0 Å². The van der Waals surface area contributed by atoms with Crippen LogP contribution in [0.4, 0.5) is 0 Å². The minimum Gasteiger partial charge on any atom is -0.356 e. The number of carbonyl (C=O) groups excluding carboxylic acids is 1. The van der Waals surface area contributed by atoms with E-state index in [0.29, 0.717) is 23.1 Å². The lowest BCUT2D eigenvalue weighted by molar-refractivity contribution is -0.123. The molecule has 0 aromatic rings. The highest BCUT2D eigenvalue weighted by Gasteiger charge is 2.54. The number of hydrogen-bond acceptors (Lipinski definition) is 1. The monoisotopic (exact) mass is 269 g/mol. The van der Waals surface area contributed by atoms with E-state index in [1.54, 1.807) is 0 Å². The molecule has 0 radical (unpaired) electrons. The average molecular weight is 270 g/mol. The first kappa shape index (κ1) is 12.8. The molecule has 0 bridgehead atoms. The molecular weight excluding hydrogens is 246 g/mol. The molecule has 0 spiro atoms. The molecule has 3 heteroatoms. The van der Waals surface area contributed by atoms with Crippen LogP contribution in [-0.2, 0) is 4.79 Å². The molecule has 3 saturated carbocycles. The number of amides is 1. The van der Waals surface area contributed by atoms with E-state index in [4.69, 9.17) is 11.6 Å². The first-order valence-corrected chi connectivity index (χ1v) is 8.11. The lowest BCUT2D eigenvalue weighted by atomic mass is 9.89. The number of halogens is 1. The van der Waals surface area contributed by atoms with Crippen molar-refractivity contribution in [1.29, 1.82) is 0 Å². The number of nitrogens with one attached hydrogen (secondary N) is 1. The molecule has 1 amide bonds. The third-order valence-corrected chi connectivity index (χ3v) is 5.64. The fraction of sp³-hybridized carbons (Fsp3) is 0.933. The van der Waals surface area contributed by atoms with E-state index in [0.717, 1.165) is 31.2 Å². The van der Waals surface area contributed by atoms with Gasteiger partial charge < -0.3 is 5.32 Å². The molecule has 102 valence electrons. The van der Waals surface area contributed by atoms with Crippen LogP contribution in [0.3, 0.4) is 0 Å². The van der Waals surface area contributed by atoms with E-state index in [-0.39, 0.29) is 0 Å². The highest BCUT2D eigenvalue weighted by Crippen LogP contribution is 2.55. The summed E-state index contributed by atoms with van der Waals surface area (Å²) < 4.78 is 0. The van der Waals surface area contributed by atoms with Crippen LogP contribution in [0.25, 0.3) is 0 Å². The maximum absolute atomic E-state index is 12.2. The van der Waals surface area contributed by atoms with Crippen molar-refractivity contribution in [2.75, 3.05) is 6.54 Å². The lowest BCUT2D eigenvalue weighted by Crippen LogP contribution is -2.33. The van der Waals surface area contributed by atoms with E-state index >= 15 is 0 Å². The third-order valence-electron chi connectivity index (χ3n) is 5.24. The molecule has 0 aromatic heterocycles. The van der Waals surface area contributed by atoms with Gasteiger partial charge in [0.1, 0.15) is 0 Å². The summed E-state index contributed by atoms with van der Waals surface area (Å²) in [5.74, 6) is 2.77. The Balaban J connectivity index is 1.42. The zero-order valence-corrected chi connectivity index (χ0v) is 11.8. The van der Waals surface area contributed by atoms with E-state index in [1.165, 1.54) is 38.5 Å². The van der Waals surface area contributed by atoms with Crippen LogP contribution in [0.5, 0.6) is 0 Å². The maximum atomic E-state index is 12.2. The van der Waals surface area contributed by atoms with Crippen LogP contribution in [-0.4, -0.2) is 17.8 Å². The van der Waals surface area contributed by atoms with Gasteiger partial charge in [-0.3, -0.25) is 4.79 Å². The summed E-state index contributed by atoms with van der Waals surface area (Å²) in [5, 5.41) is 3.53. The Morgan fingerprint density at radius 2 is 1.78 bits per heavy atom. The molecule has 3 aliphatic carbocycles. The molecule has 18 heavy (non-hydrogen) atoms. The van der Waals surface area contributed by atoms with Crippen molar-refractivity contribution in [1.82, 2.24) is 5.32 Å². The molecule has 0 aromatic carbocycles. The molecule has 0 aliphatic heterocycles. The van der Waals surface area contributed by atoms with Gasteiger partial charge in [0.15, 0.2) is 0 Å². The highest BCUT2D eigenvalue weighted by molar-refractivity contribution is 6.20. The topological polar surface area (TPSA) is 29.1 Å². The van der Waals surface area contributed by atoms with Crippen molar-refractivity contribution in [3.8, 4) is 0 Å². The van der Waals surface area contributed by atoms with Gasteiger partial charge in [0.05, 0.1) is 0 Å². The zero-order valence-electron chi connectivity index (χ0n) is 11.0. The van der Waals surface area contributed by atoms with E-state index in [1.807, 2.05) is 0 Å². The number of fused-ring (bicyclic) bond motifs is 1. The summed E-state index contributed by atoms with van der Waals surface area (Å²) in [6, 6.07) is 0. The number of rotatable bonds is 3. The first-order chi connectivity index (χ1) is 8.75. The standard InChI is InChI=1S/C15H24ClNO/c16-11-5-3-4-10(8-11)9-17-15(18)14-12-6-1-2-7-13(12)14/h10-14H,1-9H2,(H,17,18). The van der Waals surface area contributed by atoms with E-state index < -0.39 is 0 Å². The van der Waals surface area contributed by atoms with Gasteiger partial charge >= 0.3 is 0 Å².